The van der Waals surface area contributed by atoms with Crippen LogP contribution in [-0.4, -0.2) is 48.2 Å². The molecule has 0 aliphatic rings. The van der Waals surface area contributed by atoms with Gasteiger partial charge in [-0.1, -0.05) is 13.8 Å². The number of aliphatic hydroxyl groups excluding tert-OH is 2. The van der Waals surface area contributed by atoms with Crippen LogP contribution >= 0.6 is 0 Å². The highest BCUT2D eigenvalue weighted by Crippen LogP contribution is 2.20. The summed E-state index contributed by atoms with van der Waals surface area (Å²) in [6.45, 7) is 12.2. The SMILES string of the molecule is CC(C)(CCCO)CNCC(O)COC(C)(C)C. The van der Waals surface area contributed by atoms with Crippen LogP contribution in [0.5, 0.6) is 0 Å². The zero-order valence-electron chi connectivity index (χ0n) is 12.6. The van der Waals surface area contributed by atoms with Crippen molar-refractivity contribution in [3.05, 3.63) is 0 Å². The molecule has 4 nitrogen and oxygen atoms in total. The second kappa shape index (κ2) is 8.10. The monoisotopic (exact) mass is 261 g/mol. The molecule has 0 spiro atoms. The lowest BCUT2D eigenvalue weighted by Crippen LogP contribution is -2.38. The molecule has 110 valence electrons. The Kier molecular flexibility index (Phi) is 8.03. The molecule has 1 atom stereocenters. The van der Waals surface area contributed by atoms with Crippen LogP contribution in [0.15, 0.2) is 0 Å². The maximum absolute atomic E-state index is 9.76. The summed E-state index contributed by atoms with van der Waals surface area (Å²) < 4.78 is 5.52. The summed E-state index contributed by atoms with van der Waals surface area (Å²) in [6, 6.07) is 0. The zero-order chi connectivity index (χ0) is 14.2. The molecule has 0 aliphatic carbocycles. The predicted octanol–water partition coefficient (Wildman–Crippen LogP) is 1.55. The van der Waals surface area contributed by atoms with Gasteiger partial charge in [-0.3, -0.25) is 0 Å². The van der Waals surface area contributed by atoms with E-state index in [1.807, 2.05) is 20.8 Å². The van der Waals surface area contributed by atoms with Crippen molar-refractivity contribution in [3.63, 3.8) is 0 Å². The average Bonchev–Trinajstić information content (AvgIpc) is 2.22. The largest absolute Gasteiger partial charge is 0.396 e. The van der Waals surface area contributed by atoms with Crippen molar-refractivity contribution in [2.24, 2.45) is 5.41 Å². The number of hydrogen-bond acceptors (Lipinski definition) is 4. The highest BCUT2D eigenvalue weighted by Gasteiger charge is 2.18. The number of hydrogen-bond donors (Lipinski definition) is 3. The van der Waals surface area contributed by atoms with Crippen LogP contribution < -0.4 is 5.32 Å². The van der Waals surface area contributed by atoms with Crippen molar-refractivity contribution >= 4 is 0 Å². The third kappa shape index (κ3) is 11.0. The van der Waals surface area contributed by atoms with Crippen molar-refractivity contribution in [3.8, 4) is 0 Å². The minimum Gasteiger partial charge on any atom is -0.396 e. The smallest absolute Gasteiger partial charge is 0.0897 e. The van der Waals surface area contributed by atoms with E-state index in [2.05, 4.69) is 19.2 Å². The van der Waals surface area contributed by atoms with Gasteiger partial charge in [0.15, 0.2) is 0 Å². The van der Waals surface area contributed by atoms with Gasteiger partial charge in [-0.15, -0.1) is 0 Å². The zero-order valence-corrected chi connectivity index (χ0v) is 12.6. The van der Waals surface area contributed by atoms with Gasteiger partial charge in [0.2, 0.25) is 0 Å². The number of nitrogens with one attached hydrogen (secondary N) is 1. The predicted molar refractivity (Wildman–Crippen MR) is 74.7 cm³/mol. The molecule has 0 aromatic rings. The minimum atomic E-state index is -0.474. The molecule has 4 heteroatoms. The van der Waals surface area contributed by atoms with E-state index in [-0.39, 0.29) is 17.6 Å². The molecule has 18 heavy (non-hydrogen) atoms. The van der Waals surface area contributed by atoms with Crippen LogP contribution in [0.3, 0.4) is 0 Å². The fourth-order valence-electron chi connectivity index (χ4n) is 1.63. The van der Waals surface area contributed by atoms with E-state index in [1.165, 1.54) is 0 Å². The number of ether oxygens (including phenoxy) is 1. The van der Waals surface area contributed by atoms with Crippen LogP contribution in [0.1, 0.15) is 47.5 Å². The van der Waals surface area contributed by atoms with Gasteiger partial charge in [-0.2, -0.15) is 0 Å². The first kappa shape index (κ1) is 17.8. The van der Waals surface area contributed by atoms with Gasteiger partial charge in [-0.25, -0.2) is 0 Å². The van der Waals surface area contributed by atoms with Crippen LogP contribution in [-0.2, 0) is 4.74 Å². The molecule has 0 saturated heterocycles. The van der Waals surface area contributed by atoms with Crippen molar-refractivity contribution in [1.29, 1.82) is 0 Å². The molecule has 0 aliphatic heterocycles. The Bertz CT molecular complexity index is 212. The molecule has 0 heterocycles. The molecule has 0 radical (unpaired) electrons. The molecule has 0 bridgehead atoms. The molecule has 0 fully saturated rings. The summed E-state index contributed by atoms with van der Waals surface area (Å²) in [5.41, 5.74) is -0.0608. The van der Waals surface area contributed by atoms with Gasteiger partial charge in [-0.05, 0) is 39.0 Å². The Balaban J connectivity index is 3.70. The van der Waals surface area contributed by atoms with Gasteiger partial charge in [0.1, 0.15) is 0 Å². The Labute approximate surface area is 112 Å². The third-order valence-corrected chi connectivity index (χ3v) is 2.70. The molecule has 0 amide bonds. The van der Waals surface area contributed by atoms with Crippen molar-refractivity contribution < 1.29 is 14.9 Å². The lowest BCUT2D eigenvalue weighted by Gasteiger charge is -2.26. The number of aliphatic hydroxyl groups is 2. The quantitative estimate of drug-likeness (QED) is 0.589. The molecule has 0 aromatic carbocycles. The third-order valence-electron chi connectivity index (χ3n) is 2.70. The lowest BCUT2D eigenvalue weighted by molar-refractivity contribution is -0.0482. The summed E-state index contributed by atoms with van der Waals surface area (Å²) >= 11 is 0. The normalized spacial score (nSPS) is 14.8. The summed E-state index contributed by atoms with van der Waals surface area (Å²) in [4.78, 5) is 0. The fraction of sp³-hybridized carbons (Fsp3) is 1.00. The van der Waals surface area contributed by atoms with E-state index in [4.69, 9.17) is 9.84 Å². The van der Waals surface area contributed by atoms with Crippen molar-refractivity contribution in [2.75, 3.05) is 26.3 Å². The van der Waals surface area contributed by atoms with Crippen LogP contribution in [0, 0.1) is 5.41 Å². The first-order chi connectivity index (χ1) is 8.16. The Morgan fingerprint density at radius 2 is 1.78 bits per heavy atom. The molecular weight excluding hydrogens is 230 g/mol. The second-order valence-electron chi connectivity index (χ2n) is 6.70. The maximum atomic E-state index is 9.76. The summed E-state index contributed by atoms with van der Waals surface area (Å²) in [5.74, 6) is 0. The highest BCUT2D eigenvalue weighted by molar-refractivity contribution is 4.73. The van der Waals surface area contributed by atoms with E-state index in [0.717, 1.165) is 19.4 Å². The molecular formula is C14H31NO3. The van der Waals surface area contributed by atoms with E-state index in [9.17, 15) is 5.11 Å². The average molecular weight is 261 g/mol. The van der Waals surface area contributed by atoms with Crippen LogP contribution in [0.25, 0.3) is 0 Å². The fourth-order valence-corrected chi connectivity index (χ4v) is 1.63. The highest BCUT2D eigenvalue weighted by atomic mass is 16.5. The first-order valence-electron chi connectivity index (χ1n) is 6.80. The van der Waals surface area contributed by atoms with Crippen molar-refractivity contribution in [1.82, 2.24) is 5.32 Å². The maximum Gasteiger partial charge on any atom is 0.0897 e. The summed E-state index contributed by atoms with van der Waals surface area (Å²) in [6.07, 6.45) is 1.33. The molecule has 0 aromatic heterocycles. The van der Waals surface area contributed by atoms with Gasteiger partial charge < -0.3 is 20.3 Å². The van der Waals surface area contributed by atoms with Crippen LogP contribution in [0.4, 0.5) is 0 Å². The van der Waals surface area contributed by atoms with Crippen LogP contribution in [0.2, 0.25) is 0 Å². The van der Waals surface area contributed by atoms with E-state index in [0.29, 0.717) is 13.2 Å². The van der Waals surface area contributed by atoms with Crippen molar-refractivity contribution in [2.45, 2.75) is 59.2 Å². The topological polar surface area (TPSA) is 61.7 Å². The summed E-state index contributed by atoms with van der Waals surface area (Å²) in [7, 11) is 0. The Hall–Kier alpha value is -0.160. The van der Waals surface area contributed by atoms with Gasteiger partial charge >= 0.3 is 0 Å². The van der Waals surface area contributed by atoms with Gasteiger partial charge in [0.05, 0.1) is 18.3 Å². The first-order valence-corrected chi connectivity index (χ1v) is 6.80. The Morgan fingerprint density at radius 3 is 2.28 bits per heavy atom. The second-order valence-corrected chi connectivity index (χ2v) is 6.70. The van der Waals surface area contributed by atoms with Gasteiger partial charge in [0.25, 0.3) is 0 Å². The molecule has 0 rings (SSSR count). The molecule has 3 N–H and O–H groups in total. The molecule has 1 unspecified atom stereocenters. The lowest BCUT2D eigenvalue weighted by atomic mass is 9.88. The van der Waals surface area contributed by atoms with E-state index >= 15 is 0 Å². The van der Waals surface area contributed by atoms with Gasteiger partial charge in [0, 0.05) is 19.7 Å². The summed E-state index contributed by atoms with van der Waals surface area (Å²) in [5, 5.41) is 21.8. The number of rotatable bonds is 9. The minimum absolute atomic E-state index is 0.146. The van der Waals surface area contributed by atoms with E-state index in [1.54, 1.807) is 0 Å². The molecule has 0 saturated carbocycles. The standard InChI is InChI=1S/C14H31NO3/c1-13(2,3)18-10-12(17)9-15-11-14(4,5)7-6-8-16/h12,15-17H,6-11H2,1-5H3. The van der Waals surface area contributed by atoms with E-state index < -0.39 is 6.10 Å². The Morgan fingerprint density at radius 1 is 1.17 bits per heavy atom.